The van der Waals surface area contributed by atoms with Crippen molar-refractivity contribution in [3.63, 3.8) is 0 Å². The van der Waals surface area contributed by atoms with Crippen LogP contribution in [0.2, 0.25) is 0 Å². The second-order valence-electron chi connectivity index (χ2n) is 3.80. The molecule has 0 spiro atoms. The summed E-state index contributed by atoms with van der Waals surface area (Å²) in [7, 11) is 0. The molecule has 88 valence electrons. The van der Waals surface area contributed by atoms with Crippen molar-refractivity contribution in [2.75, 3.05) is 5.73 Å². The van der Waals surface area contributed by atoms with Gasteiger partial charge in [0.1, 0.15) is 5.75 Å². The fraction of sp³-hybridized carbons (Fsp3) is 0.154. The van der Waals surface area contributed by atoms with Crippen LogP contribution in [-0.2, 0) is 6.54 Å². The minimum Gasteiger partial charge on any atom is -0.508 e. The summed E-state index contributed by atoms with van der Waals surface area (Å²) in [5.74, 6) is 0.197. The molecule has 0 fully saturated rings. The number of benzene rings is 1. The van der Waals surface area contributed by atoms with E-state index in [1.54, 1.807) is 34.9 Å². The molecular weight excluding hydrogens is 216 g/mol. The number of rotatable bonds is 2. The van der Waals surface area contributed by atoms with Crippen molar-refractivity contribution in [3.05, 3.63) is 46.8 Å². The Morgan fingerprint density at radius 3 is 2.47 bits per heavy atom. The molecule has 3 N–H and O–H groups in total. The second-order valence-corrected chi connectivity index (χ2v) is 3.80. The molecule has 0 saturated heterocycles. The first-order valence-corrected chi connectivity index (χ1v) is 5.41. The molecule has 0 unspecified atom stereocenters. The summed E-state index contributed by atoms with van der Waals surface area (Å²) in [5.41, 5.74) is 7.64. The minimum absolute atomic E-state index is 0.115. The van der Waals surface area contributed by atoms with Crippen LogP contribution in [0.4, 0.5) is 5.69 Å². The number of aromatic nitrogens is 1. The Labute approximate surface area is 98.9 Å². The maximum absolute atomic E-state index is 11.8. The van der Waals surface area contributed by atoms with Crippen molar-refractivity contribution in [2.24, 2.45) is 0 Å². The van der Waals surface area contributed by atoms with E-state index in [-0.39, 0.29) is 11.3 Å². The van der Waals surface area contributed by atoms with Crippen LogP contribution < -0.4 is 11.3 Å². The molecule has 4 heteroatoms. The van der Waals surface area contributed by atoms with Crippen molar-refractivity contribution in [2.45, 2.75) is 13.5 Å². The second kappa shape index (κ2) is 4.33. The summed E-state index contributed by atoms with van der Waals surface area (Å²) in [6.45, 7) is 2.48. The minimum atomic E-state index is -0.115. The average molecular weight is 230 g/mol. The van der Waals surface area contributed by atoms with E-state index in [1.165, 1.54) is 6.07 Å². The predicted molar refractivity (Wildman–Crippen MR) is 67.9 cm³/mol. The molecule has 4 nitrogen and oxygen atoms in total. The highest BCUT2D eigenvalue weighted by Crippen LogP contribution is 2.22. The number of nitrogens with two attached hydrogens (primary N) is 1. The molecule has 0 saturated carbocycles. The number of anilines is 1. The molecule has 1 aromatic heterocycles. The normalized spacial score (nSPS) is 10.4. The highest BCUT2D eigenvalue weighted by Gasteiger charge is 2.06. The number of nitrogen functional groups attached to an aromatic ring is 1. The molecule has 0 aliphatic carbocycles. The summed E-state index contributed by atoms with van der Waals surface area (Å²) in [4.78, 5) is 11.8. The molecule has 2 aromatic rings. The fourth-order valence-electron chi connectivity index (χ4n) is 1.81. The molecule has 0 aliphatic rings. The summed E-state index contributed by atoms with van der Waals surface area (Å²) < 4.78 is 1.64. The third-order valence-electron chi connectivity index (χ3n) is 2.63. The molecule has 0 bridgehead atoms. The van der Waals surface area contributed by atoms with Gasteiger partial charge in [0, 0.05) is 18.3 Å². The van der Waals surface area contributed by atoms with Gasteiger partial charge in [-0.15, -0.1) is 0 Å². The van der Waals surface area contributed by atoms with Crippen LogP contribution in [0.15, 0.2) is 41.2 Å². The lowest BCUT2D eigenvalue weighted by Crippen LogP contribution is -2.20. The SMILES string of the molecule is CCn1c(-c2ccc(O)cc2)cc(N)cc1=O. The first-order valence-electron chi connectivity index (χ1n) is 5.41. The van der Waals surface area contributed by atoms with E-state index < -0.39 is 0 Å². The lowest BCUT2D eigenvalue weighted by Gasteiger charge is -2.11. The monoisotopic (exact) mass is 230 g/mol. The number of phenolic OH excluding ortho intramolecular Hbond substituents is 1. The van der Waals surface area contributed by atoms with E-state index in [2.05, 4.69) is 0 Å². The number of nitrogens with zero attached hydrogens (tertiary/aromatic N) is 1. The summed E-state index contributed by atoms with van der Waals surface area (Å²) in [5, 5.41) is 9.25. The van der Waals surface area contributed by atoms with Crippen LogP contribution in [0.5, 0.6) is 5.75 Å². The van der Waals surface area contributed by atoms with E-state index in [9.17, 15) is 9.90 Å². The first kappa shape index (κ1) is 11.3. The zero-order valence-electron chi connectivity index (χ0n) is 9.55. The Morgan fingerprint density at radius 2 is 1.88 bits per heavy atom. The van der Waals surface area contributed by atoms with Gasteiger partial charge in [-0.05, 0) is 42.8 Å². The number of phenols is 1. The third kappa shape index (κ3) is 2.15. The molecular formula is C13H14N2O2. The van der Waals surface area contributed by atoms with Gasteiger partial charge in [-0.2, -0.15) is 0 Å². The van der Waals surface area contributed by atoms with Gasteiger partial charge in [0.25, 0.3) is 5.56 Å². The topological polar surface area (TPSA) is 68.2 Å². The number of aromatic hydroxyl groups is 1. The van der Waals surface area contributed by atoms with Crippen LogP contribution in [-0.4, -0.2) is 9.67 Å². The molecule has 2 rings (SSSR count). The Kier molecular flexibility index (Phi) is 2.87. The van der Waals surface area contributed by atoms with Crippen molar-refractivity contribution in [3.8, 4) is 17.0 Å². The Bertz CT molecular complexity index is 585. The van der Waals surface area contributed by atoms with Gasteiger partial charge in [-0.3, -0.25) is 4.79 Å². The van der Waals surface area contributed by atoms with Crippen LogP contribution >= 0.6 is 0 Å². The zero-order chi connectivity index (χ0) is 12.4. The van der Waals surface area contributed by atoms with Gasteiger partial charge in [-0.1, -0.05) is 0 Å². The lowest BCUT2D eigenvalue weighted by atomic mass is 10.1. The quantitative estimate of drug-likeness (QED) is 0.826. The molecule has 0 atom stereocenters. The summed E-state index contributed by atoms with van der Waals surface area (Å²) >= 11 is 0. The lowest BCUT2D eigenvalue weighted by molar-refractivity contribution is 0.475. The average Bonchev–Trinajstić information content (AvgIpc) is 2.29. The third-order valence-corrected chi connectivity index (χ3v) is 2.63. The Hall–Kier alpha value is -2.23. The van der Waals surface area contributed by atoms with Gasteiger partial charge in [-0.25, -0.2) is 0 Å². The van der Waals surface area contributed by atoms with Crippen LogP contribution in [0, 0.1) is 0 Å². The molecule has 0 aliphatic heterocycles. The van der Waals surface area contributed by atoms with Crippen LogP contribution in [0.25, 0.3) is 11.3 Å². The zero-order valence-corrected chi connectivity index (χ0v) is 9.55. The standard InChI is InChI=1S/C13H14N2O2/c1-2-15-12(7-10(14)8-13(15)17)9-3-5-11(16)6-4-9/h3-8,16H,2,14H2,1H3. The van der Waals surface area contributed by atoms with E-state index in [0.717, 1.165) is 11.3 Å². The maximum Gasteiger partial charge on any atom is 0.253 e. The number of pyridine rings is 1. The van der Waals surface area contributed by atoms with E-state index >= 15 is 0 Å². The highest BCUT2D eigenvalue weighted by atomic mass is 16.3. The Balaban J connectivity index is 2.65. The number of hydrogen-bond donors (Lipinski definition) is 2. The van der Waals surface area contributed by atoms with Gasteiger partial charge in [0.2, 0.25) is 0 Å². The summed E-state index contributed by atoms with van der Waals surface area (Å²) in [6.07, 6.45) is 0. The first-order chi connectivity index (χ1) is 8.11. The molecule has 1 heterocycles. The maximum atomic E-state index is 11.8. The molecule has 17 heavy (non-hydrogen) atoms. The van der Waals surface area contributed by atoms with Gasteiger partial charge < -0.3 is 15.4 Å². The van der Waals surface area contributed by atoms with Crippen LogP contribution in [0.1, 0.15) is 6.92 Å². The van der Waals surface area contributed by atoms with Gasteiger partial charge in [0.05, 0.1) is 5.69 Å². The predicted octanol–water partition coefficient (Wildman–Crippen LogP) is 1.82. The molecule has 0 radical (unpaired) electrons. The van der Waals surface area contributed by atoms with Gasteiger partial charge in [0.15, 0.2) is 0 Å². The number of hydrogen-bond acceptors (Lipinski definition) is 3. The van der Waals surface area contributed by atoms with E-state index in [0.29, 0.717) is 12.2 Å². The molecule has 0 amide bonds. The summed E-state index contributed by atoms with van der Waals surface area (Å²) in [6, 6.07) is 9.86. The van der Waals surface area contributed by atoms with Crippen molar-refractivity contribution in [1.82, 2.24) is 4.57 Å². The highest BCUT2D eigenvalue weighted by molar-refractivity contribution is 5.64. The Morgan fingerprint density at radius 1 is 1.24 bits per heavy atom. The van der Waals surface area contributed by atoms with Crippen molar-refractivity contribution in [1.29, 1.82) is 0 Å². The largest absolute Gasteiger partial charge is 0.508 e. The van der Waals surface area contributed by atoms with Crippen LogP contribution in [0.3, 0.4) is 0 Å². The molecule has 1 aromatic carbocycles. The van der Waals surface area contributed by atoms with Gasteiger partial charge >= 0.3 is 0 Å². The van der Waals surface area contributed by atoms with E-state index in [4.69, 9.17) is 5.73 Å². The fourth-order valence-corrected chi connectivity index (χ4v) is 1.81. The van der Waals surface area contributed by atoms with Crippen molar-refractivity contribution < 1.29 is 5.11 Å². The van der Waals surface area contributed by atoms with Crippen molar-refractivity contribution >= 4 is 5.69 Å². The van der Waals surface area contributed by atoms with E-state index in [1.807, 2.05) is 6.92 Å². The smallest absolute Gasteiger partial charge is 0.253 e.